The average Bonchev–Trinajstić information content (AvgIpc) is 3.93. The molecule has 0 saturated heterocycles. The van der Waals surface area contributed by atoms with Crippen LogP contribution in [-0.2, 0) is 6.42 Å². The summed E-state index contributed by atoms with van der Waals surface area (Å²) in [6.07, 6.45) is 10.3. The van der Waals surface area contributed by atoms with E-state index in [0.717, 1.165) is 12.0 Å². The Kier molecular flexibility index (Phi) is 29.4. The Labute approximate surface area is 291 Å². The highest BCUT2D eigenvalue weighted by molar-refractivity contribution is 5.86. The molecule has 264 valence electrons. The second-order valence-corrected chi connectivity index (χ2v) is 10.4. The molecule has 4 aromatic carbocycles. The molecule has 0 spiro atoms. The maximum absolute atomic E-state index is 9.84. The second-order valence-electron chi connectivity index (χ2n) is 10.4. The Hall–Kier alpha value is -3.26. The number of phenolic OH excluding ortho intramolecular Hbond substituents is 2. The minimum absolute atomic E-state index is 0.322. The van der Waals surface area contributed by atoms with Crippen LogP contribution in [0.1, 0.15) is 133 Å². The third kappa shape index (κ3) is 15.5. The van der Waals surface area contributed by atoms with Crippen LogP contribution >= 0.6 is 0 Å². The van der Waals surface area contributed by atoms with Gasteiger partial charge in [0.15, 0.2) is 0 Å². The van der Waals surface area contributed by atoms with Crippen molar-refractivity contribution in [3.8, 4) is 11.5 Å². The van der Waals surface area contributed by atoms with Gasteiger partial charge in [0, 0.05) is 6.42 Å². The zero-order chi connectivity index (χ0) is 36.0. The van der Waals surface area contributed by atoms with Crippen LogP contribution in [-0.4, -0.2) is 10.2 Å². The molecule has 2 nitrogen and oxygen atoms in total. The van der Waals surface area contributed by atoms with Crippen LogP contribution in [0.3, 0.4) is 0 Å². The van der Waals surface area contributed by atoms with Crippen LogP contribution < -0.4 is 0 Å². The molecular weight excluding hydrogens is 572 g/mol. The monoisotopic (exact) mass is 645 g/mol. The Balaban J connectivity index is 0. The number of para-hydroxylation sites is 2. The summed E-state index contributed by atoms with van der Waals surface area (Å²) in [6, 6.07) is 30.9. The molecule has 0 amide bonds. The molecule has 4 unspecified atom stereocenters. The third-order valence-electron chi connectivity index (χ3n) is 8.36. The lowest BCUT2D eigenvalue weighted by Crippen LogP contribution is -2.15. The summed E-state index contributed by atoms with van der Waals surface area (Å²) in [7, 11) is 0. The van der Waals surface area contributed by atoms with Crippen molar-refractivity contribution >= 4 is 10.8 Å². The normalized spacial score (nSPS) is 18.4. The molecule has 2 bridgehead atoms. The van der Waals surface area contributed by atoms with Gasteiger partial charge in [-0.25, -0.2) is 0 Å². The molecule has 0 aromatic heterocycles. The summed E-state index contributed by atoms with van der Waals surface area (Å²) < 4.78 is 0. The van der Waals surface area contributed by atoms with E-state index in [-0.39, 0.29) is 0 Å². The van der Waals surface area contributed by atoms with E-state index in [1.54, 1.807) is 68.9 Å². The highest BCUT2D eigenvalue weighted by atomic mass is 16.3. The Bertz CT molecular complexity index is 1210. The molecule has 0 heterocycles. The van der Waals surface area contributed by atoms with Crippen molar-refractivity contribution in [3.63, 3.8) is 0 Å². The summed E-state index contributed by atoms with van der Waals surface area (Å²) >= 11 is 0. The quantitative estimate of drug-likeness (QED) is 0.228. The number of phenols is 2. The number of hydrogen-bond donors (Lipinski definition) is 2. The van der Waals surface area contributed by atoms with Crippen molar-refractivity contribution in [2.75, 3.05) is 0 Å². The van der Waals surface area contributed by atoms with Crippen LogP contribution in [0.25, 0.3) is 10.8 Å². The largest absolute Gasteiger partial charge is 0.508 e. The van der Waals surface area contributed by atoms with E-state index in [0.29, 0.717) is 11.5 Å². The molecule has 47 heavy (non-hydrogen) atoms. The topological polar surface area (TPSA) is 40.5 Å². The first-order chi connectivity index (χ1) is 23.2. The minimum Gasteiger partial charge on any atom is -0.508 e. The van der Waals surface area contributed by atoms with Crippen molar-refractivity contribution < 1.29 is 10.2 Å². The first kappa shape index (κ1) is 45.9. The summed E-state index contributed by atoms with van der Waals surface area (Å²) in [4.78, 5) is 0. The lowest BCUT2D eigenvalue weighted by Gasteiger charge is -2.23. The van der Waals surface area contributed by atoms with E-state index >= 15 is 0 Å². The molecule has 4 atom stereocenters. The molecule has 2 heteroatoms. The van der Waals surface area contributed by atoms with E-state index in [1.165, 1.54) is 40.0 Å². The zero-order valence-electron chi connectivity index (χ0n) is 32.4. The maximum atomic E-state index is 9.84. The van der Waals surface area contributed by atoms with Gasteiger partial charge in [0.1, 0.15) is 11.5 Å². The molecule has 7 rings (SSSR count). The number of hydrogen-bond acceptors (Lipinski definition) is 2. The first-order valence-electron chi connectivity index (χ1n) is 19.2. The second kappa shape index (κ2) is 30.1. The van der Waals surface area contributed by atoms with Crippen LogP contribution in [0.2, 0.25) is 0 Å². The highest BCUT2D eigenvalue weighted by Gasteiger charge is 2.48. The SMILES string of the molecule is C1CC2C3CCC(C3)C2C1.CC.CC.CC.CC.CC.CC.Oc1ccccc1.Oc1ccccc1Cc1cccc2ccccc12. The minimum atomic E-state index is 0.322. The third-order valence-corrected chi connectivity index (χ3v) is 8.36. The Morgan fingerprint density at radius 3 is 1.43 bits per heavy atom. The molecule has 0 aliphatic heterocycles. The van der Waals surface area contributed by atoms with E-state index < -0.39 is 0 Å². The van der Waals surface area contributed by atoms with Gasteiger partial charge < -0.3 is 10.2 Å². The fourth-order valence-corrected chi connectivity index (χ4v) is 6.76. The van der Waals surface area contributed by atoms with E-state index in [2.05, 4.69) is 36.4 Å². The lowest BCUT2D eigenvalue weighted by atomic mass is 9.82. The van der Waals surface area contributed by atoms with Crippen LogP contribution in [0.5, 0.6) is 11.5 Å². The van der Waals surface area contributed by atoms with Crippen molar-refractivity contribution in [3.05, 3.63) is 108 Å². The standard InChI is InChI=1S/C17H14O.C10H16.C6H6O.6C2H6/c18-17-11-4-2-7-15(17)12-14-9-5-8-13-6-1-3-10-16(13)14;1-2-9-7-4-5-8(6-7)10(9)3-1;7-6-4-2-1-3-5-6;6*1-2/h1-11,18H,12H2;7-10H,1-6H2;1-5,7H;6*1-2H3. The molecular formula is C45H72O2. The molecule has 2 N–H and O–H groups in total. The molecule has 4 aromatic rings. The summed E-state index contributed by atoms with van der Waals surface area (Å²) in [5.74, 6) is 5.49. The van der Waals surface area contributed by atoms with Crippen LogP contribution in [0.4, 0.5) is 0 Å². The van der Waals surface area contributed by atoms with Gasteiger partial charge >= 0.3 is 0 Å². The highest BCUT2D eigenvalue weighted by Crippen LogP contribution is 2.58. The summed E-state index contributed by atoms with van der Waals surface area (Å²) in [6.45, 7) is 24.0. The summed E-state index contributed by atoms with van der Waals surface area (Å²) in [5.41, 5.74) is 2.21. The van der Waals surface area contributed by atoms with Gasteiger partial charge in [0.2, 0.25) is 0 Å². The van der Waals surface area contributed by atoms with Gasteiger partial charge in [-0.3, -0.25) is 0 Å². The van der Waals surface area contributed by atoms with Crippen LogP contribution in [0.15, 0.2) is 97.1 Å². The van der Waals surface area contributed by atoms with Crippen molar-refractivity contribution in [1.29, 1.82) is 0 Å². The fourth-order valence-electron chi connectivity index (χ4n) is 6.76. The van der Waals surface area contributed by atoms with Gasteiger partial charge in [0.25, 0.3) is 0 Å². The van der Waals surface area contributed by atoms with Gasteiger partial charge in [-0.1, -0.05) is 168 Å². The predicted molar refractivity (Wildman–Crippen MR) is 213 cm³/mol. The Morgan fingerprint density at radius 1 is 0.468 bits per heavy atom. The van der Waals surface area contributed by atoms with Crippen molar-refractivity contribution in [2.45, 2.75) is 128 Å². The summed E-state index contributed by atoms with van der Waals surface area (Å²) in [5, 5.41) is 21.0. The van der Waals surface area contributed by atoms with Gasteiger partial charge in [-0.15, -0.1) is 0 Å². The maximum Gasteiger partial charge on any atom is 0.119 e. The predicted octanol–water partition coefficient (Wildman–Crippen LogP) is 14.5. The molecule has 3 aliphatic carbocycles. The number of fused-ring (bicyclic) bond motifs is 6. The van der Waals surface area contributed by atoms with E-state index in [1.807, 2.05) is 113 Å². The Morgan fingerprint density at radius 2 is 0.915 bits per heavy atom. The number of benzene rings is 4. The molecule has 0 radical (unpaired) electrons. The first-order valence-corrected chi connectivity index (χ1v) is 19.2. The average molecular weight is 645 g/mol. The van der Waals surface area contributed by atoms with Gasteiger partial charge in [0.05, 0.1) is 0 Å². The van der Waals surface area contributed by atoms with E-state index in [4.69, 9.17) is 5.11 Å². The lowest BCUT2D eigenvalue weighted by molar-refractivity contribution is 0.259. The van der Waals surface area contributed by atoms with Crippen molar-refractivity contribution in [1.82, 2.24) is 0 Å². The van der Waals surface area contributed by atoms with Gasteiger partial charge in [-0.05, 0) is 95.9 Å². The number of rotatable bonds is 2. The molecule has 3 saturated carbocycles. The molecule has 3 aliphatic rings. The van der Waals surface area contributed by atoms with Crippen molar-refractivity contribution in [2.24, 2.45) is 23.7 Å². The molecule has 3 fully saturated rings. The van der Waals surface area contributed by atoms with Crippen LogP contribution in [0, 0.1) is 23.7 Å². The van der Waals surface area contributed by atoms with Gasteiger partial charge in [-0.2, -0.15) is 0 Å². The zero-order valence-corrected chi connectivity index (χ0v) is 32.4. The number of aromatic hydroxyl groups is 2. The van der Waals surface area contributed by atoms with E-state index in [9.17, 15) is 5.11 Å². The smallest absolute Gasteiger partial charge is 0.119 e. The fraction of sp³-hybridized carbons (Fsp3) is 0.511.